The fourth-order valence-corrected chi connectivity index (χ4v) is 2.07. The van der Waals surface area contributed by atoms with E-state index in [1.807, 2.05) is 0 Å². The maximum atomic E-state index is 14.7. The van der Waals surface area contributed by atoms with Gasteiger partial charge in [-0.05, 0) is 37.0 Å². The van der Waals surface area contributed by atoms with Gasteiger partial charge in [0.05, 0.1) is 0 Å². The van der Waals surface area contributed by atoms with Crippen LogP contribution in [-0.2, 0) is 5.67 Å². The van der Waals surface area contributed by atoms with E-state index in [0.717, 1.165) is 5.56 Å². The topological polar surface area (TPSA) is 26.0 Å². The third kappa shape index (κ3) is 2.09. The lowest BCUT2D eigenvalue weighted by Gasteiger charge is -2.30. The average molecular weight is 227 g/mol. The van der Waals surface area contributed by atoms with Gasteiger partial charge in [0.15, 0.2) is 5.67 Å². The average Bonchev–Trinajstić information content (AvgIpc) is 2.15. The number of hydrogen-bond donors (Lipinski definition) is 1. The zero-order valence-corrected chi connectivity index (χ0v) is 10.3. The quantitative estimate of drug-likeness (QED) is 0.843. The Bertz CT molecular complexity index is 365. The molecule has 0 saturated carbocycles. The number of halogens is 2. The van der Waals surface area contributed by atoms with Gasteiger partial charge in [-0.2, -0.15) is 0 Å². The molecule has 0 heterocycles. The Hall–Kier alpha value is -0.960. The Labute approximate surface area is 95.7 Å². The van der Waals surface area contributed by atoms with Gasteiger partial charge >= 0.3 is 0 Å². The molecule has 0 amide bonds. The second kappa shape index (κ2) is 4.50. The Kier molecular flexibility index (Phi) is 3.68. The largest absolute Gasteiger partial charge is 0.327 e. The van der Waals surface area contributed by atoms with Gasteiger partial charge in [0.25, 0.3) is 0 Å². The summed E-state index contributed by atoms with van der Waals surface area (Å²) in [5.74, 6) is -0.854. The molecule has 2 N–H and O–H groups in total. The lowest BCUT2D eigenvalue weighted by atomic mass is 9.82. The number of hydrogen-bond acceptors (Lipinski definition) is 1. The molecule has 0 saturated heterocycles. The molecule has 1 aromatic rings. The van der Waals surface area contributed by atoms with Gasteiger partial charge < -0.3 is 5.73 Å². The fraction of sp³-hybridized carbons (Fsp3) is 0.538. The molecule has 0 aliphatic carbocycles. The van der Waals surface area contributed by atoms with Crippen LogP contribution in [0.5, 0.6) is 0 Å². The number of alkyl halides is 1. The number of benzene rings is 1. The highest BCUT2D eigenvalue weighted by Gasteiger charge is 2.38. The predicted octanol–water partition coefficient (Wildman–Crippen LogP) is 3.22. The van der Waals surface area contributed by atoms with Crippen LogP contribution in [0.3, 0.4) is 0 Å². The van der Waals surface area contributed by atoms with Crippen LogP contribution in [0.15, 0.2) is 12.1 Å². The molecule has 1 nitrogen and oxygen atoms in total. The predicted molar refractivity (Wildman–Crippen MR) is 62.6 cm³/mol. The molecule has 1 aromatic carbocycles. The second-order valence-corrected chi connectivity index (χ2v) is 4.66. The first-order valence-electron chi connectivity index (χ1n) is 5.49. The standard InChI is InChI=1S/C13H19F2N/c1-8(2)13(15,7-16)12-10(4)5-9(3)6-11(12)14/h5-6,8H,7,16H2,1-4H3. The zero-order valence-electron chi connectivity index (χ0n) is 10.3. The molecule has 0 spiro atoms. The van der Waals surface area contributed by atoms with Crippen LogP contribution < -0.4 is 5.73 Å². The lowest BCUT2D eigenvalue weighted by molar-refractivity contribution is 0.103. The van der Waals surface area contributed by atoms with E-state index >= 15 is 0 Å². The van der Waals surface area contributed by atoms with E-state index in [9.17, 15) is 8.78 Å². The van der Waals surface area contributed by atoms with Gasteiger partial charge in [0.2, 0.25) is 0 Å². The number of aryl methyl sites for hydroxylation is 2. The van der Waals surface area contributed by atoms with Gasteiger partial charge in [-0.25, -0.2) is 8.78 Å². The normalized spacial score (nSPS) is 15.2. The number of rotatable bonds is 3. The Morgan fingerprint density at radius 1 is 1.31 bits per heavy atom. The summed E-state index contributed by atoms with van der Waals surface area (Å²) in [6, 6.07) is 3.14. The molecule has 0 fully saturated rings. The van der Waals surface area contributed by atoms with Crippen LogP contribution in [0.2, 0.25) is 0 Å². The maximum absolute atomic E-state index is 14.7. The maximum Gasteiger partial charge on any atom is 0.153 e. The molecule has 3 heteroatoms. The summed E-state index contributed by atoms with van der Waals surface area (Å²) in [6.45, 7) is 6.73. The first-order valence-corrected chi connectivity index (χ1v) is 5.49. The highest BCUT2D eigenvalue weighted by Crippen LogP contribution is 2.37. The van der Waals surface area contributed by atoms with E-state index in [1.165, 1.54) is 6.07 Å². The fourth-order valence-electron chi connectivity index (χ4n) is 2.07. The van der Waals surface area contributed by atoms with Gasteiger partial charge in [-0.3, -0.25) is 0 Å². The van der Waals surface area contributed by atoms with Crippen molar-refractivity contribution in [3.05, 3.63) is 34.6 Å². The van der Waals surface area contributed by atoms with E-state index in [-0.39, 0.29) is 18.0 Å². The van der Waals surface area contributed by atoms with E-state index in [1.54, 1.807) is 33.8 Å². The van der Waals surface area contributed by atoms with Crippen LogP contribution in [0.1, 0.15) is 30.5 Å². The van der Waals surface area contributed by atoms with Crippen molar-refractivity contribution in [3.8, 4) is 0 Å². The van der Waals surface area contributed by atoms with Crippen LogP contribution in [0.4, 0.5) is 8.78 Å². The van der Waals surface area contributed by atoms with Crippen LogP contribution in [-0.4, -0.2) is 6.54 Å². The molecule has 90 valence electrons. The molecule has 0 aliphatic rings. The van der Waals surface area contributed by atoms with Crippen molar-refractivity contribution in [2.75, 3.05) is 6.54 Å². The third-order valence-electron chi connectivity index (χ3n) is 3.06. The van der Waals surface area contributed by atoms with Crippen LogP contribution >= 0.6 is 0 Å². The first kappa shape index (κ1) is 13.1. The molecule has 0 radical (unpaired) electrons. The molecule has 0 aliphatic heterocycles. The minimum absolute atomic E-state index is 0.107. The molecule has 0 aromatic heterocycles. The third-order valence-corrected chi connectivity index (χ3v) is 3.06. The van der Waals surface area contributed by atoms with E-state index < -0.39 is 11.5 Å². The molecule has 1 rings (SSSR count). The molecule has 1 unspecified atom stereocenters. The van der Waals surface area contributed by atoms with Crippen molar-refractivity contribution in [3.63, 3.8) is 0 Å². The minimum atomic E-state index is -1.79. The van der Waals surface area contributed by atoms with Crippen molar-refractivity contribution in [1.29, 1.82) is 0 Å². The van der Waals surface area contributed by atoms with Crippen LogP contribution in [0.25, 0.3) is 0 Å². The van der Waals surface area contributed by atoms with Crippen molar-refractivity contribution in [2.24, 2.45) is 11.7 Å². The molecule has 1 atom stereocenters. The Balaban J connectivity index is 3.42. The summed E-state index contributed by atoms with van der Waals surface area (Å²) in [4.78, 5) is 0. The van der Waals surface area contributed by atoms with E-state index in [2.05, 4.69) is 0 Å². The highest BCUT2D eigenvalue weighted by molar-refractivity contribution is 5.37. The SMILES string of the molecule is Cc1cc(C)c(C(F)(CN)C(C)C)c(F)c1. The number of nitrogens with two attached hydrogens (primary N) is 1. The Morgan fingerprint density at radius 2 is 1.88 bits per heavy atom. The molecular weight excluding hydrogens is 208 g/mol. The summed E-state index contributed by atoms with van der Waals surface area (Å²) < 4.78 is 28.5. The van der Waals surface area contributed by atoms with Crippen LogP contribution in [0, 0.1) is 25.6 Å². The van der Waals surface area contributed by atoms with Gasteiger partial charge in [0.1, 0.15) is 5.82 Å². The van der Waals surface area contributed by atoms with Crippen molar-refractivity contribution in [1.82, 2.24) is 0 Å². The summed E-state index contributed by atoms with van der Waals surface area (Å²) in [5, 5.41) is 0. The summed E-state index contributed by atoms with van der Waals surface area (Å²) in [7, 11) is 0. The molecular formula is C13H19F2N. The van der Waals surface area contributed by atoms with Crippen molar-refractivity contribution >= 4 is 0 Å². The first-order chi connectivity index (χ1) is 7.32. The minimum Gasteiger partial charge on any atom is -0.327 e. The lowest BCUT2D eigenvalue weighted by Crippen LogP contribution is -2.37. The molecule has 0 bridgehead atoms. The summed E-state index contributed by atoms with van der Waals surface area (Å²) >= 11 is 0. The van der Waals surface area contributed by atoms with Crippen molar-refractivity contribution < 1.29 is 8.78 Å². The summed E-state index contributed by atoms with van der Waals surface area (Å²) in [6.07, 6.45) is 0. The Morgan fingerprint density at radius 3 is 2.25 bits per heavy atom. The van der Waals surface area contributed by atoms with Crippen molar-refractivity contribution in [2.45, 2.75) is 33.4 Å². The van der Waals surface area contributed by atoms with E-state index in [4.69, 9.17) is 5.73 Å². The highest BCUT2D eigenvalue weighted by atomic mass is 19.1. The van der Waals surface area contributed by atoms with Gasteiger partial charge in [0, 0.05) is 12.1 Å². The molecule has 16 heavy (non-hydrogen) atoms. The summed E-state index contributed by atoms with van der Waals surface area (Å²) in [5.41, 5.74) is 5.21. The van der Waals surface area contributed by atoms with Gasteiger partial charge in [-0.15, -0.1) is 0 Å². The zero-order chi connectivity index (χ0) is 12.5. The monoisotopic (exact) mass is 227 g/mol. The second-order valence-electron chi connectivity index (χ2n) is 4.66. The van der Waals surface area contributed by atoms with E-state index in [0.29, 0.717) is 5.56 Å². The van der Waals surface area contributed by atoms with Gasteiger partial charge in [-0.1, -0.05) is 19.9 Å². The smallest absolute Gasteiger partial charge is 0.153 e.